The molecular weight excluding hydrogens is 333 g/mol. The topological polar surface area (TPSA) is 54.5 Å². The average Bonchev–Trinajstić information content (AvgIpc) is 2.40. The highest BCUT2D eigenvalue weighted by Gasteiger charge is 2.25. The first kappa shape index (κ1) is 18.3. The van der Waals surface area contributed by atoms with E-state index < -0.39 is 9.05 Å². The molecule has 0 radical (unpaired) electrons. The lowest BCUT2D eigenvalue weighted by atomic mass is 10.1. The highest BCUT2D eigenvalue weighted by atomic mass is 35.7. The Labute approximate surface area is 135 Å². The van der Waals surface area contributed by atoms with Gasteiger partial charge in [-0.25, -0.2) is 8.42 Å². The molecule has 1 unspecified atom stereocenters. The summed E-state index contributed by atoms with van der Waals surface area (Å²) in [5, 5.41) is 0.170. The minimum Gasteiger partial charge on any atom is -0.336 e. The molecule has 7 heteroatoms. The number of carbonyl (C=O) groups excluding carboxylic acids is 1. The molecule has 0 aromatic heterocycles. The van der Waals surface area contributed by atoms with Crippen molar-refractivity contribution >= 4 is 37.2 Å². The molecule has 0 aliphatic rings. The number of benzene rings is 1. The molecule has 0 saturated carbocycles. The first-order valence-electron chi connectivity index (χ1n) is 6.69. The fraction of sp³-hybridized carbons (Fsp3) is 0.500. The molecule has 1 aromatic carbocycles. The van der Waals surface area contributed by atoms with Gasteiger partial charge in [0.25, 0.3) is 15.0 Å². The summed E-state index contributed by atoms with van der Waals surface area (Å²) in [4.78, 5) is 14.2. The lowest BCUT2D eigenvalue weighted by Gasteiger charge is -2.28. The summed E-state index contributed by atoms with van der Waals surface area (Å²) in [7, 11) is 1.45. The van der Waals surface area contributed by atoms with Crippen molar-refractivity contribution in [3.05, 3.63) is 28.3 Å². The molecule has 0 bridgehead atoms. The van der Waals surface area contributed by atoms with Crippen molar-refractivity contribution in [3.63, 3.8) is 0 Å². The van der Waals surface area contributed by atoms with Crippen molar-refractivity contribution < 1.29 is 13.2 Å². The number of hydrogen-bond acceptors (Lipinski definition) is 3. The standard InChI is InChI=1S/C14H19Cl2NO3S/c1-5-9(3)17(6-2)14(18)12-7-11(15)8-13(10(12)4)21(16,19)20/h7-9H,5-6H2,1-4H3. The van der Waals surface area contributed by atoms with Crippen LogP contribution >= 0.6 is 22.3 Å². The van der Waals surface area contributed by atoms with E-state index >= 15 is 0 Å². The van der Waals surface area contributed by atoms with Crippen LogP contribution in [0, 0.1) is 6.92 Å². The van der Waals surface area contributed by atoms with Gasteiger partial charge in [-0.2, -0.15) is 0 Å². The van der Waals surface area contributed by atoms with Gasteiger partial charge in [0, 0.05) is 33.9 Å². The fourth-order valence-corrected chi connectivity index (χ4v) is 3.67. The molecule has 1 amide bonds. The van der Waals surface area contributed by atoms with Crippen LogP contribution in [-0.2, 0) is 9.05 Å². The fourth-order valence-electron chi connectivity index (χ4n) is 2.16. The molecule has 21 heavy (non-hydrogen) atoms. The Morgan fingerprint density at radius 3 is 2.33 bits per heavy atom. The van der Waals surface area contributed by atoms with E-state index in [2.05, 4.69) is 0 Å². The number of amides is 1. The summed E-state index contributed by atoms with van der Waals surface area (Å²) in [5.74, 6) is -0.242. The number of rotatable bonds is 5. The molecule has 0 heterocycles. The molecule has 0 N–H and O–H groups in total. The third-order valence-corrected chi connectivity index (χ3v) is 5.21. The van der Waals surface area contributed by atoms with Gasteiger partial charge in [0.2, 0.25) is 0 Å². The van der Waals surface area contributed by atoms with E-state index in [1.165, 1.54) is 12.1 Å². The lowest BCUT2D eigenvalue weighted by Crippen LogP contribution is -2.38. The highest BCUT2D eigenvalue weighted by molar-refractivity contribution is 8.13. The largest absolute Gasteiger partial charge is 0.336 e. The molecule has 0 fully saturated rings. The molecule has 118 valence electrons. The van der Waals surface area contributed by atoms with E-state index in [0.717, 1.165) is 6.42 Å². The molecule has 0 spiro atoms. The van der Waals surface area contributed by atoms with Gasteiger partial charge in [-0.3, -0.25) is 4.79 Å². The van der Waals surface area contributed by atoms with Gasteiger partial charge in [0.1, 0.15) is 0 Å². The lowest BCUT2D eigenvalue weighted by molar-refractivity contribution is 0.0699. The average molecular weight is 352 g/mol. The van der Waals surface area contributed by atoms with Gasteiger partial charge < -0.3 is 4.90 Å². The van der Waals surface area contributed by atoms with Crippen LogP contribution in [0.2, 0.25) is 5.02 Å². The van der Waals surface area contributed by atoms with E-state index in [1.807, 2.05) is 20.8 Å². The minimum absolute atomic E-state index is 0.0527. The van der Waals surface area contributed by atoms with Crippen molar-refractivity contribution in [2.45, 2.75) is 45.1 Å². The van der Waals surface area contributed by atoms with Crippen LogP contribution in [0.25, 0.3) is 0 Å². The molecule has 1 rings (SSSR count). The van der Waals surface area contributed by atoms with Gasteiger partial charge in [0.15, 0.2) is 0 Å². The molecule has 0 aliphatic heterocycles. The molecule has 0 aliphatic carbocycles. The Hall–Kier alpha value is -0.780. The van der Waals surface area contributed by atoms with Gasteiger partial charge >= 0.3 is 0 Å². The first-order chi connectivity index (χ1) is 9.63. The van der Waals surface area contributed by atoms with E-state index in [0.29, 0.717) is 12.1 Å². The molecule has 1 atom stereocenters. The second kappa shape index (κ2) is 6.99. The van der Waals surface area contributed by atoms with Crippen LogP contribution in [0.15, 0.2) is 17.0 Å². The number of hydrogen-bond donors (Lipinski definition) is 0. The molecule has 1 aromatic rings. The second-order valence-corrected chi connectivity index (χ2v) is 7.83. The van der Waals surface area contributed by atoms with Gasteiger partial charge in [0.05, 0.1) is 4.90 Å². The molecule has 0 saturated heterocycles. The quantitative estimate of drug-likeness (QED) is 0.757. The van der Waals surface area contributed by atoms with Crippen LogP contribution < -0.4 is 0 Å². The summed E-state index contributed by atoms with van der Waals surface area (Å²) in [6.07, 6.45) is 0.805. The minimum atomic E-state index is -3.95. The summed E-state index contributed by atoms with van der Waals surface area (Å²) in [6, 6.07) is 2.79. The summed E-state index contributed by atoms with van der Waals surface area (Å²) in [6.45, 7) is 7.90. The van der Waals surface area contributed by atoms with Crippen molar-refractivity contribution in [1.29, 1.82) is 0 Å². The van der Waals surface area contributed by atoms with Crippen molar-refractivity contribution in [2.75, 3.05) is 6.54 Å². The van der Waals surface area contributed by atoms with Crippen molar-refractivity contribution in [1.82, 2.24) is 4.90 Å². The first-order valence-corrected chi connectivity index (χ1v) is 9.37. The number of halogens is 2. The Morgan fingerprint density at radius 2 is 1.90 bits per heavy atom. The Bertz CT molecular complexity index is 644. The zero-order valence-corrected chi connectivity index (χ0v) is 14.8. The third kappa shape index (κ3) is 4.11. The van der Waals surface area contributed by atoms with E-state index in [9.17, 15) is 13.2 Å². The maximum atomic E-state index is 12.7. The zero-order valence-electron chi connectivity index (χ0n) is 12.5. The maximum absolute atomic E-state index is 12.7. The van der Waals surface area contributed by atoms with E-state index in [1.54, 1.807) is 11.8 Å². The third-order valence-electron chi connectivity index (χ3n) is 3.54. The van der Waals surface area contributed by atoms with Crippen LogP contribution in [0.1, 0.15) is 43.1 Å². The number of carbonyl (C=O) groups is 1. The predicted octanol–water partition coefficient (Wildman–Crippen LogP) is 3.84. The van der Waals surface area contributed by atoms with Crippen molar-refractivity contribution in [2.24, 2.45) is 0 Å². The van der Waals surface area contributed by atoms with Crippen LogP contribution in [0.3, 0.4) is 0 Å². The maximum Gasteiger partial charge on any atom is 0.261 e. The summed E-state index contributed by atoms with van der Waals surface area (Å²) >= 11 is 5.94. The number of nitrogens with zero attached hydrogens (tertiary/aromatic N) is 1. The second-order valence-electron chi connectivity index (χ2n) is 4.86. The predicted molar refractivity (Wildman–Crippen MR) is 85.7 cm³/mol. The van der Waals surface area contributed by atoms with Crippen LogP contribution in [0.5, 0.6) is 0 Å². The van der Waals surface area contributed by atoms with Crippen LogP contribution in [0.4, 0.5) is 0 Å². The summed E-state index contributed by atoms with van der Waals surface area (Å²) < 4.78 is 23.2. The smallest absolute Gasteiger partial charge is 0.261 e. The monoisotopic (exact) mass is 351 g/mol. The molecule has 4 nitrogen and oxygen atoms in total. The zero-order chi connectivity index (χ0) is 16.4. The van der Waals surface area contributed by atoms with Gasteiger partial charge in [-0.1, -0.05) is 18.5 Å². The summed E-state index contributed by atoms with van der Waals surface area (Å²) in [5.41, 5.74) is 0.588. The molecular formula is C14H19Cl2NO3S. The Balaban J connectivity index is 3.44. The SMILES string of the molecule is CCC(C)N(CC)C(=O)c1cc(Cl)cc(S(=O)(=O)Cl)c1C. The Kier molecular flexibility index (Phi) is 6.08. The van der Waals surface area contributed by atoms with E-state index in [-0.39, 0.29) is 27.4 Å². The van der Waals surface area contributed by atoms with Gasteiger partial charge in [-0.05, 0) is 44.9 Å². The highest BCUT2D eigenvalue weighted by Crippen LogP contribution is 2.28. The van der Waals surface area contributed by atoms with Gasteiger partial charge in [-0.15, -0.1) is 0 Å². The normalized spacial score (nSPS) is 13.0. The Morgan fingerprint density at radius 1 is 1.33 bits per heavy atom. The van der Waals surface area contributed by atoms with Crippen molar-refractivity contribution in [3.8, 4) is 0 Å². The van der Waals surface area contributed by atoms with E-state index in [4.69, 9.17) is 22.3 Å². The van der Waals surface area contributed by atoms with Crippen LogP contribution in [-0.4, -0.2) is 31.8 Å².